The minimum absolute atomic E-state index is 0.0481. The molecule has 29 heavy (non-hydrogen) atoms. The maximum absolute atomic E-state index is 12.1. The number of anilines is 1. The van der Waals surface area contributed by atoms with Crippen LogP contribution in [-0.2, 0) is 16.6 Å². The maximum Gasteiger partial charge on any atom is 0.213 e. The Labute approximate surface area is 175 Å². The number of hydrogen-bond acceptors (Lipinski definition) is 6. The second-order valence-electron chi connectivity index (χ2n) is 7.26. The van der Waals surface area contributed by atoms with Crippen LogP contribution < -0.4 is 5.32 Å². The van der Waals surface area contributed by atoms with Crippen LogP contribution >= 0.6 is 11.3 Å². The molecule has 6 nitrogen and oxygen atoms in total. The number of aliphatic hydroxyl groups is 1. The van der Waals surface area contributed by atoms with Gasteiger partial charge in [0.2, 0.25) is 10.0 Å². The molecule has 1 saturated heterocycles. The van der Waals surface area contributed by atoms with Crippen LogP contribution in [0.15, 0.2) is 42.7 Å². The lowest BCUT2D eigenvalue weighted by molar-refractivity contribution is 0.285. The van der Waals surface area contributed by atoms with Gasteiger partial charge < -0.3 is 10.4 Å². The molecule has 0 spiro atoms. The Hall–Kier alpha value is -2.00. The average Bonchev–Trinajstić information content (AvgIpc) is 3.23. The van der Waals surface area contributed by atoms with E-state index in [1.165, 1.54) is 0 Å². The fraction of sp³-hybridized carbons (Fsp3) is 0.381. The van der Waals surface area contributed by atoms with E-state index in [9.17, 15) is 13.5 Å². The number of pyridine rings is 1. The number of nitrogens with zero attached hydrogens (tertiary/aromatic N) is 2. The van der Waals surface area contributed by atoms with Gasteiger partial charge in [0.1, 0.15) is 0 Å². The number of fused-ring (bicyclic) bond motifs is 1. The van der Waals surface area contributed by atoms with Gasteiger partial charge in [-0.2, -0.15) is 0 Å². The minimum atomic E-state index is -3.12. The van der Waals surface area contributed by atoms with Crippen molar-refractivity contribution in [2.75, 3.05) is 24.2 Å². The van der Waals surface area contributed by atoms with E-state index < -0.39 is 10.0 Å². The Bertz CT molecular complexity index is 1100. The van der Waals surface area contributed by atoms with Gasteiger partial charge in [-0.05, 0) is 61.0 Å². The van der Waals surface area contributed by atoms with Gasteiger partial charge in [-0.25, -0.2) is 12.7 Å². The van der Waals surface area contributed by atoms with Gasteiger partial charge in [0.05, 0.1) is 12.4 Å². The molecule has 0 bridgehead atoms. The van der Waals surface area contributed by atoms with Crippen molar-refractivity contribution in [1.82, 2.24) is 9.29 Å². The summed E-state index contributed by atoms with van der Waals surface area (Å²) >= 11 is 1.59. The number of aliphatic hydroxyl groups excluding tert-OH is 1. The molecule has 2 N–H and O–H groups in total. The summed E-state index contributed by atoms with van der Waals surface area (Å²) in [6.45, 7) is 2.84. The Morgan fingerprint density at radius 2 is 2.03 bits per heavy atom. The highest BCUT2D eigenvalue weighted by Crippen LogP contribution is 2.35. The van der Waals surface area contributed by atoms with E-state index in [0.29, 0.717) is 13.1 Å². The van der Waals surface area contributed by atoms with Gasteiger partial charge >= 0.3 is 0 Å². The van der Waals surface area contributed by atoms with Crippen LogP contribution in [0.4, 0.5) is 5.69 Å². The monoisotopic (exact) mass is 431 g/mol. The lowest BCUT2D eigenvalue weighted by Gasteiger charge is -2.32. The molecule has 1 aromatic carbocycles. The quantitative estimate of drug-likeness (QED) is 0.622. The second-order valence-corrected chi connectivity index (χ2v) is 10.7. The molecule has 1 aliphatic rings. The van der Waals surface area contributed by atoms with Crippen molar-refractivity contribution in [3.05, 3.63) is 47.6 Å². The SMILES string of the molecule is CCS(=O)(=O)N1CCC(Nc2cc(-c3ccc(CO)s3)cc3ccncc23)CC1. The fourth-order valence-electron chi connectivity index (χ4n) is 3.76. The molecule has 0 atom stereocenters. The smallest absolute Gasteiger partial charge is 0.213 e. The van der Waals surface area contributed by atoms with Crippen LogP contribution in [0.2, 0.25) is 0 Å². The predicted molar refractivity (Wildman–Crippen MR) is 119 cm³/mol. The molecule has 0 amide bonds. The molecule has 0 aliphatic carbocycles. The minimum Gasteiger partial charge on any atom is -0.391 e. The van der Waals surface area contributed by atoms with E-state index in [4.69, 9.17) is 0 Å². The summed E-state index contributed by atoms with van der Waals surface area (Å²) in [6.07, 6.45) is 5.21. The summed E-state index contributed by atoms with van der Waals surface area (Å²) in [5, 5.41) is 15.2. The van der Waals surface area contributed by atoms with Gasteiger partial charge in [0.25, 0.3) is 0 Å². The summed E-state index contributed by atoms with van der Waals surface area (Å²) in [4.78, 5) is 6.33. The number of benzene rings is 1. The topological polar surface area (TPSA) is 82.5 Å². The first-order chi connectivity index (χ1) is 14.0. The zero-order chi connectivity index (χ0) is 20.4. The highest BCUT2D eigenvalue weighted by atomic mass is 32.2. The average molecular weight is 432 g/mol. The van der Waals surface area contributed by atoms with Crippen molar-refractivity contribution in [2.24, 2.45) is 0 Å². The van der Waals surface area contributed by atoms with Crippen molar-refractivity contribution in [1.29, 1.82) is 0 Å². The first-order valence-electron chi connectivity index (χ1n) is 9.82. The Balaban J connectivity index is 1.60. The summed E-state index contributed by atoms with van der Waals surface area (Å²) in [5.41, 5.74) is 2.11. The van der Waals surface area contributed by atoms with Crippen LogP contribution in [0.5, 0.6) is 0 Å². The molecule has 3 heterocycles. The van der Waals surface area contributed by atoms with E-state index in [1.807, 2.05) is 24.4 Å². The van der Waals surface area contributed by atoms with Crippen molar-refractivity contribution in [2.45, 2.75) is 32.4 Å². The number of sulfonamides is 1. The largest absolute Gasteiger partial charge is 0.391 e. The lowest BCUT2D eigenvalue weighted by Crippen LogP contribution is -2.42. The third-order valence-corrected chi connectivity index (χ3v) is 8.43. The molecule has 0 saturated carbocycles. The number of rotatable bonds is 6. The summed E-state index contributed by atoms with van der Waals surface area (Å²) in [7, 11) is -3.12. The third-order valence-electron chi connectivity index (χ3n) is 5.43. The first kappa shape index (κ1) is 20.3. The van der Waals surface area contributed by atoms with Crippen LogP contribution in [-0.4, -0.2) is 47.7 Å². The fourth-order valence-corrected chi connectivity index (χ4v) is 5.75. The molecule has 1 aliphatic heterocycles. The Morgan fingerprint density at radius 3 is 2.72 bits per heavy atom. The normalized spacial score (nSPS) is 16.3. The van der Waals surface area contributed by atoms with Gasteiger partial charge in [-0.1, -0.05) is 0 Å². The Kier molecular flexibility index (Phi) is 5.87. The molecule has 0 unspecified atom stereocenters. The molecule has 4 rings (SSSR count). The molecule has 2 aromatic heterocycles. The molecule has 8 heteroatoms. The summed E-state index contributed by atoms with van der Waals surface area (Å²) in [5.74, 6) is 0.153. The zero-order valence-electron chi connectivity index (χ0n) is 16.3. The standard InChI is InChI=1S/C21H25N3O3S2/c1-2-29(26,27)24-9-6-17(7-10-24)23-20-12-16(21-4-3-18(14-25)28-21)11-15-5-8-22-13-19(15)20/h3-5,8,11-13,17,23,25H,2,6-7,9-10,14H2,1H3. The molecule has 1 fully saturated rings. The Morgan fingerprint density at radius 1 is 1.24 bits per heavy atom. The van der Waals surface area contributed by atoms with Crippen LogP contribution in [0.1, 0.15) is 24.6 Å². The predicted octanol–water partition coefficient (Wildman–Crippen LogP) is 3.68. The van der Waals surface area contributed by atoms with Gasteiger partial charge in [0.15, 0.2) is 0 Å². The van der Waals surface area contributed by atoms with E-state index in [0.717, 1.165) is 44.6 Å². The van der Waals surface area contributed by atoms with Crippen molar-refractivity contribution in [3.8, 4) is 10.4 Å². The van der Waals surface area contributed by atoms with Gasteiger partial charge in [-0.3, -0.25) is 4.98 Å². The first-order valence-corrected chi connectivity index (χ1v) is 12.2. The van der Waals surface area contributed by atoms with E-state index >= 15 is 0 Å². The summed E-state index contributed by atoms with van der Waals surface area (Å²) in [6, 6.07) is 10.5. The lowest BCUT2D eigenvalue weighted by atomic mass is 10.0. The third kappa shape index (κ3) is 4.30. The number of aromatic nitrogens is 1. The molecular formula is C21H25N3O3S2. The van der Waals surface area contributed by atoms with Crippen LogP contribution in [0, 0.1) is 0 Å². The van der Waals surface area contributed by atoms with E-state index in [-0.39, 0.29) is 18.4 Å². The van der Waals surface area contributed by atoms with E-state index in [2.05, 4.69) is 22.4 Å². The van der Waals surface area contributed by atoms with Crippen molar-refractivity contribution < 1.29 is 13.5 Å². The molecular weight excluding hydrogens is 406 g/mol. The number of nitrogens with one attached hydrogen (secondary N) is 1. The number of piperidine rings is 1. The molecule has 3 aromatic rings. The highest BCUT2D eigenvalue weighted by Gasteiger charge is 2.27. The van der Waals surface area contributed by atoms with Crippen LogP contribution in [0.3, 0.4) is 0 Å². The van der Waals surface area contributed by atoms with Crippen molar-refractivity contribution in [3.63, 3.8) is 0 Å². The second kappa shape index (κ2) is 8.39. The van der Waals surface area contributed by atoms with Gasteiger partial charge in [0, 0.05) is 52.4 Å². The number of hydrogen-bond donors (Lipinski definition) is 2. The molecule has 154 valence electrons. The van der Waals surface area contributed by atoms with Crippen LogP contribution in [0.25, 0.3) is 21.2 Å². The van der Waals surface area contributed by atoms with E-state index in [1.54, 1.807) is 28.8 Å². The highest BCUT2D eigenvalue weighted by molar-refractivity contribution is 7.89. The zero-order valence-corrected chi connectivity index (χ0v) is 18.0. The molecule has 0 radical (unpaired) electrons. The number of thiophene rings is 1. The van der Waals surface area contributed by atoms with Gasteiger partial charge in [-0.15, -0.1) is 11.3 Å². The summed E-state index contributed by atoms with van der Waals surface area (Å²) < 4.78 is 25.8. The maximum atomic E-state index is 12.1. The van der Waals surface area contributed by atoms with Crippen molar-refractivity contribution >= 4 is 37.8 Å².